The maximum atomic E-state index is 12.3. The van der Waals surface area contributed by atoms with Crippen LogP contribution in [0, 0.1) is 6.92 Å². The van der Waals surface area contributed by atoms with Crippen molar-refractivity contribution in [3.63, 3.8) is 0 Å². The van der Waals surface area contributed by atoms with Crippen molar-refractivity contribution in [3.8, 4) is 5.75 Å². The Labute approximate surface area is 183 Å². The van der Waals surface area contributed by atoms with E-state index < -0.39 is 0 Å². The molecule has 0 aliphatic heterocycles. The molecule has 154 valence electrons. The molecule has 0 saturated heterocycles. The van der Waals surface area contributed by atoms with Crippen LogP contribution in [0.1, 0.15) is 25.1 Å². The summed E-state index contributed by atoms with van der Waals surface area (Å²) in [4.78, 5) is 26.6. The highest BCUT2D eigenvalue weighted by atomic mass is 32.2. The van der Waals surface area contributed by atoms with Crippen LogP contribution in [-0.4, -0.2) is 27.5 Å². The number of hydrogen-bond donors (Lipinski definition) is 1. The molecule has 0 saturated carbocycles. The Hall–Kier alpha value is -2.84. The molecule has 2 heterocycles. The predicted molar refractivity (Wildman–Crippen MR) is 123 cm³/mol. The number of thioether (sulfide) groups is 1. The lowest BCUT2D eigenvalue weighted by molar-refractivity contribution is -0.115. The van der Waals surface area contributed by atoms with Crippen LogP contribution in [0.3, 0.4) is 0 Å². The molecule has 0 aliphatic rings. The Bertz CT molecular complexity index is 1180. The van der Waals surface area contributed by atoms with Gasteiger partial charge < -0.3 is 9.72 Å². The average molecular weight is 439 g/mol. The number of thiazole rings is 1. The Morgan fingerprint density at radius 3 is 2.87 bits per heavy atom. The third-order valence-electron chi connectivity index (χ3n) is 4.41. The van der Waals surface area contributed by atoms with Crippen LogP contribution >= 0.6 is 23.1 Å². The number of aromatic amines is 1. The highest BCUT2D eigenvalue weighted by Crippen LogP contribution is 2.32. The molecule has 0 aliphatic carbocycles. The highest BCUT2D eigenvalue weighted by Gasteiger charge is 2.18. The molecular weight excluding hydrogens is 416 g/mol. The number of H-pyrrole nitrogens is 1. The second kappa shape index (κ2) is 8.89. The van der Waals surface area contributed by atoms with Gasteiger partial charge in [0.2, 0.25) is 5.91 Å². The summed E-state index contributed by atoms with van der Waals surface area (Å²) in [6, 6.07) is 13.7. The van der Waals surface area contributed by atoms with E-state index in [2.05, 4.69) is 15.0 Å². The number of ether oxygens (including phenoxy) is 1. The zero-order valence-corrected chi connectivity index (χ0v) is 18.6. The summed E-state index contributed by atoms with van der Waals surface area (Å²) in [5.74, 6) is 1.43. The van der Waals surface area contributed by atoms with Crippen molar-refractivity contribution >= 4 is 50.9 Å². The molecule has 8 heteroatoms. The molecule has 1 amide bonds. The number of amides is 1. The van der Waals surface area contributed by atoms with Crippen LogP contribution in [0.4, 0.5) is 10.8 Å². The van der Waals surface area contributed by atoms with E-state index in [1.54, 1.807) is 23.6 Å². The lowest BCUT2D eigenvalue weighted by Crippen LogP contribution is -2.22. The van der Waals surface area contributed by atoms with E-state index in [0.717, 1.165) is 38.9 Å². The standard InChI is InChI=1S/C22H22N4O2S2/c1-4-28-18-8-9-19-20(11-18)25-21(24-19)29-12-16-13-30-22(23-16)26(15(3)27)17-7-5-6-14(2)10-17/h5-11,13H,4,12H2,1-3H3,(H,24,25). The fourth-order valence-electron chi connectivity index (χ4n) is 3.09. The molecule has 2 aromatic carbocycles. The first-order valence-corrected chi connectivity index (χ1v) is 11.5. The van der Waals surface area contributed by atoms with Crippen LogP contribution < -0.4 is 9.64 Å². The van der Waals surface area contributed by atoms with Gasteiger partial charge >= 0.3 is 0 Å². The van der Waals surface area contributed by atoms with Crippen molar-refractivity contribution in [2.24, 2.45) is 0 Å². The molecule has 6 nitrogen and oxygen atoms in total. The quantitative estimate of drug-likeness (QED) is 0.375. The molecule has 4 aromatic rings. The Morgan fingerprint density at radius 2 is 2.10 bits per heavy atom. The molecule has 1 N–H and O–H groups in total. The smallest absolute Gasteiger partial charge is 0.230 e. The molecule has 0 spiro atoms. The minimum Gasteiger partial charge on any atom is -0.494 e. The van der Waals surface area contributed by atoms with Crippen molar-refractivity contribution in [2.45, 2.75) is 31.7 Å². The zero-order valence-electron chi connectivity index (χ0n) is 17.0. The number of carbonyl (C=O) groups excluding carboxylic acids is 1. The van der Waals surface area contributed by atoms with E-state index >= 15 is 0 Å². The summed E-state index contributed by atoms with van der Waals surface area (Å²) in [6.45, 7) is 6.17. The summed E-state index contributed by atoms with van der Waals surface area (Å²) in [5.41, 5.74) is 4.70. The second-order valence-corrected chi connectivity index (χ2v) is 8.56. The number of aromatic nitrogens is 3. The van der Waals surface area contributed by atoms with Gasteiger partial charge in [0.15, 0.2) is 10.3 Å². The molecule has 4 rings (SSSR count). The average Bonchev–Trinajstić information content (AvgIpc) is 3.33. The third kappa shape index (κ3) is 4.49. The number of carbonyl (C=O) groups is 1. The van der Waals surface area contributed by atoms with Gasteiger partial charge in [0, 0.05) is 24.1 Å². The number of aryl methyl sites for hydroxylation is 1. The third-order valence-corrected chi connectivity index (χ3v) is 6.19. The van der Waals surface area contributed by atoms with E-state index in [4.69, 9.17) is 4.74 Å². The van der Waals surface area contributed by atoms with E-state index in [0.29, 0.717) is 17.5 Å². The fraction of sp³-hybridized carbons (Fsp3) is 0.227. The van der Waals surface area contributed by atoms with Crippen LogP contribution in [0.15, 0.2) is 53.0 Å². The number of benzene rings is 2. The maximum absolute atomic E-state index is 12.3. The van der Waals surface area contributed by atoms with Crippen molar-refractivity contribution in [1.29, 1.82) is 0 Å². The van der Waals surface area contributed by atoms with Crippen LogP contribution in [0.2, 0.25) is 0 Å². The van der Waals surface area contributed by atoms with Gasteiger partial charge in [-0.15, -0.1) is 11.3 Å². The first kappa shape index (κ1) is 20.4. The SMILES string of the molecule is CCOc1ccc2nc(SCc3csc(N(C(C)=O)c4cccc(C)c4)n3)[nH]c2c1. The Kier molecular flexibility index (Phi) is 6.06. The second-order valence-electron chi connectivity index (χ2n) is 6.76. The van der Waals surface area contributed by atoms with Crippen molar-refractivity contribution in [3.05, 3.63) is 59.1 Å². The van der Waals surface area contributed by atoms with E-state index in [1.165, 1.54) is 11.3 Å². The highest BCUT2D eigenvalue weighted by molar-refractivity contribution is 7.98. The van der Waals surface area contributed by atoms with Crippen molar-refractivity contribution < 1.29 is 9.53 Å². The lowest BCUT2D eigenvalue weighted by Gasteiger charge is -2.18. The molecule has 0 fully saturated rings. The molecule has 30 heavy (non-hydrogen) atoms. The minimum atomic E-state index is -0.0588. The summed E-state index contributed by atoms with van der Waals surface area (Å²) < 4.78 is 5.55. The van der Waals surface area contributed by atoms with Gasteiger partial charge in [-0.25, -0.2) is 9.97 Å². The first-order chi connectivity index (χ1) is 14.5. The summed E-state index contributed by atoms with van der Waals surface area (Å²) in [5, 5.41) is 3.49. The van der Waals surface area contributed by atoms with Crippen LogP contribution in [-0.2, 0) is 10.5 Å². The normalized spacial score (nSPS) is 11.0. The minimum absolute atomic E-state index is 0.0588. The van der Waals surface area contributed by atoms with E-state index in [-0.39, 0.29) is 5.91 Å². The Balaban J connectivity index is 1.49. The largest absolute Gasteiger partial charge is 0.494 e. The van der Waals surface area contributed by atoms with Gasteiger partial charge in [-0.1, -0.05) is 23.9 Å². The molecule has 0 radical (unpaired) electrons. The monoisotopic (exact) mass is 438 g/mol. The van der Waals surface area contributed by atoms with E-state index in [9.17, 15) is 4.79 Å². The topological polar surface area (TPSA) is 71.1 Å². The Morgan fingerprint density at radius 1 is 1.23 bits per heavy atom. The number of nitrogens with one attached hydrogen (secondary N) is 1. The molecular formula is C22H22N4O2S2. The first-order valence-electron chi connectivity index (χ1n) is 9.60. The molecule has 0 atom stereocenters. The van der Waals surface area contributed by atoms with Crippen LogP contribution in [0.25, 0.3) is 11.0 Å². The summed E-state index contributed by atoms with van der Waals surface area (Å²) in [7, 11) is 0. The predicted octanol–water partition coefficient (Wildman–Crippen LogP) is 5.70. The number of nitrogens with zero attached hydrogens (tertiary/aromatic N) is 3. The number of imidazole rings is 1. The van der Waals surface area contributed by atoms with Gasteiger partial charge in [-0.2, -0.15) is 0 Å². The number of rotatable bonds is 7. The van der Waals surface area contributed by atoms with Gasteiger partial charge in [-0.3, -0.25) is 9.69 Å². The number of fused-ring (bicyclic) bond motifs is 1. The molecule has 2 aromatic heterocycles. The van der Waals surface area contributed by atoms with Gasteiger partial charge in [-0.05, 0) is 43.7 Å². The fourth-order valence-corrected chi connectivity index (χ4v) is 4.86. The maximum Gasteiger partial charge on any atom is 0.230 e. The number of hydrogen-bond acceptors (Lipinski definition) is 6. The van der Waals surface area contributed by atoms with Crippen LogP contribution in [0.5, 0.6) is 5.75 Å². The zero-order chi connectivity index (χ0) is 21.1. The van der Waals surface area contributed by atoms with Crippen molar-refractivity contribution in [2.75, 3.05) is 11.5 Å². The van der Waals surface area contributed by atoms with Crippen molar-refractivity contribution in [1.82, 2.24) is 15.0 Å². The van der Waals surface area contributed by atoms with E-state index in [1.807, 2.05) is 61.7 Å². The summed E-state index contributed by atoms with van der Waals surface area (Å²) >= 11 is 3.05. The van der Waals surface area contributed by atoms with Gasteiger partial charge in [0.25, 0.3) is 0 Å². The number of anilines is 2. The van der Waals surface area contributed by atoms with Gasteiger partial charge in [0.1, 0.15) is 5.75 Å². The lowest BCUT2D eigenvalue weighted by atomic mass is 10.2. The summed E-state index contributed by atoms with van der Waals surface area (Å²) in [6.07, 6.45) is 0. The molecule has 0 unspecified atom stereocenters. The molecule has 0 bridgehead atoms. The van der Waals surface area contributed by atoms with Gasteiger partial charge in [0.05, 0.1) is 29.0 Å².